The number of nitrogens with zero attached hydrogens (tertiary/aromatic N) is 2. The van der Waals surface area contributed by atoms with Crippen LogP contribution in [0.4, 0.5) is 18.0 Å². The van der Waals surface area contributed by atoms with Crippen LogP contribution in [0.5, 0.6) is 0 Å². The van der Waals surface area contributed by atoms with Gasteiger partial charge in [-0.25, -0.2) is 17.9 Å². The molecule has 4 aliphatic rings. The molecule has 4 aliphatic heterocycles. The van der Waals surface area contributed by atoms with Crippen molar-refractivity contribution < 1.29 is 40.7 Å². The largest absolute Gasteiger partial charge is 0.416 e. The van der Waals surface area contributed by atoms with E-state index in [4.69, 9.17) is 9.47 Å². The quantitative estimate of drug-likeness (QED) is 0.591. The first-order valence-corrected chi connectivity index (χ1v) is 13.7. The fourth-order valence-corrected chi connectivity index (χ4v) is 6.84. The monoisotopic (exact) mass is 546 g/mol. The van der Waals surface area contributed by atoms with Crippen LogP contribution in [0, 0.1) is 0 Å². The maximum absolute atomic E-state index is 13.1. The molecule has 0 bridgehead atoms. The van der Waals surface area contributed by atoms with E-state index in [1.165, 1.54) is 0 Å². The van der Waals surface area contributed by atoms with E-state index in [0.717, 1.165) is 18.2 Å². The number of carbonyl (C=O) groups is 2. The third kappa shape index (κ3) is 5.56. The lowest BCUT2D eigenvalue weighted by Gasteiger charge is -2.44. The molecule has 204 valence electrons. The molecule has 10 nitrogen and oxygen atoms in total. The highest BCUT2D eigenvalue weighted by Gasteiger charge is 2.46. The average Bonchev–Trinajstić information content (AvgIpc) is 3.24. The predicted molar refractivity (Wildman–Crippen MR) is 123 cm³/mol. The summed E-state index contributed by atoms with van der Waals surface area (Å²) in [6.07, 6.45) is -2.70. The molecule has 3 amide bonds. The molecule has 2 N–H and O–H groups in total. The summed E-state index contributed by atoms with van der Waals surface area (Å²) in [7, 11) is -4.18. The summed E-state index contributed by atoms with van der Waals surface area (Å²) in [5, 5.41) is 2.88. The van der Waals surface area contributed by atoms with Gasteiger partial charge in [-0.1, -0.05) is 6.07 Å². The van der Waals surface area contributed by atoms with E-state index in [0.29, 0.717) is 57.9 Å². The molecular formula is C23H29F3N4O6S. The Labute approximate surface area is 212 Å². The maximum atomic E-state index is 13.1. The Morgan fingerprint density at radius 1 is 1.16 bits per heavy atom. The van der Waals surface area contributed by atoms with Crippen LogP contribution in [-0.2, 0) is 30.5 Å². The Morgan fingerprint density at radius 2 is 1.92 bits per heavy atom. The number of benzene rings is 1. The fourth-order valence-electron chi connectivity index (χ4n) is 5.57. The number of piperidine rings is 2. The first kappa shape index (κ1) is 26.2. The number of rotatable bonds is 3. The highest BCUT2D eigenvalue weighted by molar-refractivity contribution is 7.89. The van der Waals surface area contributed by atoms with E-state index >= 15 is 0 Å². The summed E-state index contributed by atoms with van der Waals surface area (Å²) in [5.41, 5.74) is -1.63. The molecule has 1 aromatic rings. The normalized spacial score (nSPS) is 28.2. The van der Waals surface area contributed by atoms with Gasteiger partial charge < -0.3 is 24.6 Å². The van der Waals surface area contributed by atoms with Crippen LogP contribution < -0.4 is 10.0 Å². The number of urea groups is 1. The Morgan fingerprint density at radius 3 is 2.65 bits per heavy atom. The first-order chi connectivity index (χ1) is 17.4. The highest BCUT2D eigenvalue weighted by Crippen LogP contribution is 2.37. The molecule has 37 heavy (non-hydrogen) atoms. The minimum atomic E-state index is -4.65. The van der Waals surface area contributed by atoms with Crippen LogP contribution in [-0.4, -0.2) is 93.3 Å². The second-order valence-corrected chi connectivity index (χ2v) is 11.8. The zero-order chi connectivity index (χ0) is 26.4. The van der Waals surface area contributed by atoms with Crippen molar-refractivity contribution in [1.82, 2.24) is 19.8 Å². The van der Waals surface area contributed by atoms with Gasteiger partial charge >= 0.3 is 12.2 Å². The molecule has 4 saturated heterocycles. The molecule has 3 atom stereocenters. The van der Waals surface area contributed by atoms with Crippen LogP contribution >= 0.6 is 0 Å². The number of alkyl halides is 3. The van der Waals surface area contributed by atoms with E-state index in [9.17, 15) is 31.2 Å². The Hall–Kier alpha value is -2.42. The lowest BCUT2D eigenvalue weighted by Crippen LogP contribution is -2.63. The SMILES string of the molecule is O=C1CO[C@H]2CCN(C(=O)N3CCC4(CC3)C[C@@H](NS(=O)(=O)c3cccc(C(F)(F)F)c3)CO4)C[C@H]2N1. The summed E-state index contributed by atoms with van der Waals surface area (Å²) < 4.78 is 78.5. The highest BCUT2D eigenvalue weighted by atomic mass is 32.2. The van der Waals surface area contributed by atoms with Crippen molar-refractivity contribution in [3.8, 4) is 0 Å². The number of ether oxygens (including phenoxy) is 2. The zero-order valence-electron chi connectivity index (χ0n) is 20.0. The van der Waals surface area contributed by atoms with Gasteiger partial charge in [0.05, 0.1) is 34.8 Å². The van der Waals surface area contributed by atoms with Gasteiger partial charge in [-0.3, -0.25) is 4.79 Å². The Bertz CT molecular complexity index is 1160. The van der Waals surface area contributed by atoms with Crippen molar-refractivity contribution in [1.29, 1.82) is 0 Å². The number of fused-ring (bicyclic) bond motifs is 1. The van der Waals surface area contributed by atoms with Crippen LogP contribution in [0.25, 0.3) is 0 Å². The number of morpholine rings is 1. The number of likely N-dealkylation sites (tertiary alicyclic amines) is 2. The van der Waals surface area contributed by atoms with Gasteiger partial charge in [0, 0.05) is 32.2 Å². The molecule has 4 fully saturated rings. The summed E-state index contributed by atoms with van der Waals surface area (Å²) in [6, 6.07) is 2.70. The minimum absolute atomic E-state index is 0.0421. The molecule has 0 radical (unpaired) electrons. The summed E-state index contributed by atoms with van der Waals surface area (Å²) in [5.74, 6) is -0.188. The third-order valence-electron chi connectivity index (χ3n) is 7.54. The fraction of sp³-hybridized carbons (Fsp3) is 0.652. The van der Waals surface area contributed by atoms with Gasteiger partial charge in [0.1, 0.15) is 6.61 Å². The number of hydrogen-bond donors (Lipinski definition) is 2. The molecule has 5 rings (SSSR count). The number of sulfonamides is 1. The van der Waals surface area contributed by atoms with E-state index in [-0.39, 0.29) is 37.3 Å². The molecular weight excluding hydrogens is 517 g/mol. The topological polar surface area (TPSA) is 117 Å². The second kappa shape index (κ2) is 9.71. The molecule has 0 saturated carbocycles. The molecule has 0 aliphatic carbocycles. The summed E-state index contributed by atoms with van der Waals surface area (Å²) >= 11 is 0. The number of nitrogens with one attached hydrogen (secondary N) is 2. The molecule has 0 unspecified atom stereocenters. The van der Waals surface area contributed by atoms with Crippen LogP contribution in [0.3, 0.4) is 0 Å². The first-order valence-electron chi connectivity index (χ1n) is 12.2. The lowest BCUT2D eigenvalue weighted by atomic mass is 9.87. The zero-order valence-corrected chi connectivity index (χ0v) is 20.8. The van der Waals surface area contributed by atoms with Crippen molar-refractivity contribution in [2.24, 2.45) is 0 Å². The van der Waals surface area contributed by atoms with Gasteiger partial charge in [-0.05, 0) is 43.9 Å². The van der Waals surface area contributed by atoms with E-state index < -0.39 is 38.3 Å². The van der Waals surface area contributed by atoms with Crippen molar-refractivity contribution >= 4 is 22.0 Å². The lowest BCUT2D eigenvalue weighted by molar-refractivity contribution is -0.140. The molecule has 1 aromatic carbocycles. The van der Waals surface area contributed by atoms with E-state index in [1.807, 2.05) is 0 Å². The van der Waals surface area contributed by atoms with Crippen molar-refractivity contribution in [3.05, 3.63) is 29.8 Å². The third-order valence-corrected chi connectivity index (χ3v) is 9.06. The molecule has 1 spiro atoms. The number of halogens is 3. The number of hydrogen-bond acceptors (Lipinski definition) is 6. The van der Waals surface area contributed by atoms with Gasteiger partial charge in [0.2, 0.25) is 15.9 Å². The smallest absolute Gasteiger partial charge is 0.373 e. The predicted octanol–water partition coefficient (Wildman–Crippen LogP) is 1.32. The van der Waals surface area contributed by atoms with Crippen LogP contribution in [0.15, 0.2) is 29.2 Å². The average molecular weight is 547 g/mol. The van der Waals surface area contributed by atoms with Crippen LogP contribution in [0.1, 0.15) is 31.2 Å². The van der Waals surface area contributed by atoms with Gasteiger partial charge in [-0.2, -0.15) is 13.2 Å². The molecule has 4 heterocycles. The summed E-state index contributed by atoms with van der Waals surface area (Å²) in [6.45, 7) is 1.92. The second-order valence-electron chi connectivity index (χ2n) is 10.1. The van der Waals surface area contributed by atoms with Gasteiger partial charge in [0.25, 0.3) is 0 Å². The van der Waals surface area contributed by atoms with Crippen molar-refractivity contribution in [2.45, 2.75) is 60.5 Å². The molecule has 0 aromatic heterocycles. The van der Waals surface area contributed by atoms with Gasteiger partial charge in [-0.15, -0.1) is 0 Å². The maximum Gasteiger partial charge on any atom is 0.416 e. The molecule has 14 heteroatoms. The number of amides is 3. The van der Waals surface area contributed by atoms with E-state index in [1.54, 1.807) is 9.80 Å². The Balaban J connectivity index is 1.15. The van der Waals surface area contributed by atoms with Crippen molar-refractivity contribution in [3.63, 3.8) is 0 Å². The standard InChI is InChI=1S/C23H29F3N4O6S/c24-23(25,26)15-2-1-3-17(10-15)37(33,34)28-16-11-22(36-13-16)5-8-29(9-6-22)21(32)30-7-4-19-18(12-30)27-20(31)14-35-19/h1-3,10,16,18-19,28H,4-9,11-14H2,(H,27,31)/t16-,18-,19+/m1/s1. The Kier molecular flexibility index (Phi) is 6.88. The summed E-state index contributed by atoms with van der Waals surface area (Å²) in [4.78, 5) is 27.7. The van der Waals surface area contributed by atoms with Crippen LogP contribution in [0.2, 0.25) is 0 Å². The minimum Gasteiger partial charge on any atom is -0.373 e. The van der Waals surface area contributed by atoms with Gasteiger partial charge in [0.15, 0.2) is 0 Å². The van der Waals surface area contributed by atoms with E-state index in [2.05, 4.69) is 10.0 Å². The van der Waals surface area contributed by atoms with Crippen molar-refractivity contribution in [2.75, 3.05) is 39.4 Å². The number of carbonyl (C=O) groups excluding carboxylic acids is 2.